The van der Waals surface area contributed by atoms with Crippen molar-refractivity contribution in [2.45, 2.75) is 57.6 Å². The Morgan fingerprint density at radius 3 is 2.87 bits per heavy atom. The molecule has 6 nitrogen and oxygen atoms in total. The zero-order valence-corrected chi connectivity index (χ0v) is 18.8. The van der Waals surface area contributed by atoms with E-state index >= 15 is 0 Å². The summed E-state index contributed by atoms with van der Waals surface area (Å²) in [6.07, 6.45) is 2.13. The maximum atomic E-state index is 10.7. The summed E-state index contributed by atoms with van der Waals surface area (Å²) >= 11 is 1.54. The fourth-order valence-electron chi connectivity index (χ4n) is 4.73. The summed E-state index contributed by atoms with van der Waals surface area (Å²) in [6.45, 7) is 3.47. The van der Waals surface area contributed by atoms with Gasteiger partial charge in [-0.3, -0.25) is 0 Å². The molecular formula is C23H32N2O4S. The molecule has 0 bridgehead atoms. The van der Waals surface area contributed by atoms with Gasteiger partial charge in [-0.1, -0.05) is 6.07 Å². The summed E-state index contributed by atoms with van der Waals surface area (Å²) in [6, 6.07) is 6.23. The van der Waals surface area contributed by atoms with Crippen molar-refractivity contribution in [3.05, 3.63) is 45.4 Å². The van der Waals surface area contributed by atoms with E-state index in [1.54, 1.807) is 11.3 Å². The van der Waals surface area contributed by atoms with Crippen LogP contribution in [0.4, 0.5) is 0 Å². The summed E-state index contributed by atoms with van der Waals surface area (Å²) in [5.74, 6) is 1.25. The first-order valence-corrected chi connectivity index (χ1v) is 11.6. The molecule has 1 aromatic heterocycles. The fourth-order valence-corrected chi connectivity index (χ4v) is 5.61. The van der Waals surface area contributed by atoms with Crippen LogP contribution in [0.25, 0.3) is 0 Å². The summed E-state index contributed by atoms with van der Waals surface area (Å²) in [5, 5.41) is 22.8. The number of benzene rings is 1. The highest BCUT2D eigenvalue weighted by atomic mass is 32.1. The van der Waals surface area contributed by atoms with Gasteiger partial charge in [0.25, 0.3) is 0 Å². The average molecular weight is 433 g/mol. The van der Waals surface area contributed by atoms with Crippen LogP contribution in [0, 0.1) is 18.8 Å². The van der Waals surface area contributed by atoms with Gasteiger partial charge in [0.05, 0.1) is 31.1 Å². The van der Waals surface area contributed by atoms with Gasteiger partial charge < -0.3 is 24.6 Å². The number of aromatic nitrogens is 1. The lowest BCUT2D eigenvalue weighted by Crippen LogP contribution is -2.33. The number of hydrogen-bond donors (Lipinski definition) is 2. The van der Waals surface area contributed by atoms with E-state index in [0.29, 0.717) is 24.6 Å². The van der Waals surface area contributed by atoms with E-state index < -0.39 is 6.10 Å². The van der Waals surface area contributed by atoms with Crippen LogP contribution in [0.1, 0.15) is 47.2 Å². The summed E-state index contributed by atoms with van der Waals surface area (Å²) in [4.78, 5) is 6.62. The number of aryl methyl sites for hydroxylation is 1. The zero-order chi connectivity index (χ0) is 21.3. The monoisotopic (exact) mass is 432 g/mol. The van der Waals surface area contributed by atoms with Crippen LogP contribution in [0.5, 0.6) is 5.75 Å². The number of rotatable bonds is 7. The van der Waals surface area contributed by atoms with Gasteiger partial charge in [-0.2, -0.15) is 0 Å². The quantitative estimate of drug-likeness (QED) is 0.699. The van der Waals surface area contributed by atoms with Crippen molar-refractivity contribution >= 4 is 11.3 Å². The van der Waals surface area contributed by atoms with Crippen molar-refractivity contribution in [1.82, 2.24) is 9.88 Å². The first-order chi connectivity index (χ1) is 14.4. The third-order valence-electron chi connectivity index (χ3n) is 6.35. The first-order valence-electron chi connectivity index (χ1n) is 10.7. The minimum atomic E-state index is -0.408. The number of thiazole rings is 1. The van der Waals surface area contributed by atoms with Crippen LogP contribution < -0.4 is 4.74 Å². The van der Waals surface area contributed by atoms with E-state index in [1.807, 2.05) is 11.4 Å². The molecule has 0 spiro atoms. The van der Waals surface area contributed by atoms with E-state index in [1.165, 1.54) is 11.1 Å². The molecule has 1 aliphatic heterocycles. The molecule has 2 N–H and O–H groups in total. The van der Waals surface area contributed by atoms with Crippen LogP contribution >= 0.6 is 11.3 Å². The molecule has 0 amide bonds. The van der Waals surface area contributed by atoms with E-state index in [4.69, 9.17) is 9.47 Å². The lowest BCUT2D eigenvalue weighted by Gasteiger charge is -2.33. The molecule has 164 valence electrons. The third-order valence-corrected chi connectivity index (χ3v) is 7.34. The van der Waals surface area contributed by atoms with Crippen molar-refractivity contribution in [3.63, 3.8) is 0 Å². The Bertz CT molecular complexity index is 855. The molecule has 0 unspecified atom stereocenters. The molecule has 2 heterocycles. The summed E-state index contributed by atoms with van der Waals surface area (Å²) < 4.78 is 12.5. The van der Waals surface area contributed by atoms with Crippen molar-refractivity contribution < 1.29 is 19.7 Å². The second-order valence-electron chi connectivity index (χ2n) is 8.84. The molecule has 2 aromatic rings. The molecule has 30 heavy (non-hydrogen) atoms. The number of hydrogen-bond acceptors (Lipinski definition) is 7. The van der Waals surface area contributed by atoms with Crippen LogP contribution in [0.15, 0.2) is 23.6 Å². The van der Waals surface area contributed by atoms with E-state index in [2.05, 4.69) is 43.0 Å². The smallest absolute Gasteiger partial charge is 0.122 e. The molecule has 7 heteroatoms. The molecule has 1 aromatic carbocycles. The molecule has 2 aliphatic rings. The fraction of sp³-hybridized carbons (Fsp3) is 0.609. The lowest BCUT2D eigenvalue weighted by molar-refractivity contribution is -0.0812. The molecule has 1 aliphatic carbocycles. The van der Waals surface area contributed by atoms with Gasteiger partial charge in [0, 0.05) is 24.3 Å². The molecule has 5 atom stereocenters. The van der Waals surface area contributed by atoms with E-state index in [0.717, 1.165) is 30.1 Å². The highest BCUT2D eigenvalue weighted by Crippen LogP contribution is 2.46. The highest BCUT2D eigenvalue weighted by molar-refractivity contribution is 7.09. The van der Waals surface area contributed by atoms with Gasteiger partial charge >= 0.3 is 0 Å². The normalized spacial score (nSPS) is 28.7. The minimum absolute atomic E-state index is 0.0332. The summed E-state index contributed by atoms with van der Waals surface area (Å²) in [7, 11) is 4.13. The minimum Gasteiger partial charge on any atom is -0.493 e. The lowest BCUT2D eigenvalue weighted by atomic mass is 9.87. The van der Waals surface area contributed by atoms with Crippen molar-refractivity contribution in [3.8, 4) is 5.75 Å². The van der Waals surface area contributed by atoms with Gasteiger partial charge in [0.1, 0.15) is 16.9 Å². The average Bonchev–Trinajstić information content (AvgIpc) is 3.31. The standard InChI is InChI=1S/C23H32N2O4S/c1-14-4-5-17(8-15(14)10-25(2)3)28-12-19-18-6-7-21(29-22(18)9-20(19)27)23-24-16(11-26)13-30-23/h4-5,8,13,18-22,26-27H,6-7,9-12H2,1-3H3/t18-,19-,20+,21-,22+/m1/s1. The Morgan fingerprint density at radius 2 is 2.13 bits per heavy atom. The molecule has 4 rings (SSSR count). The molecular weight excluding hydrogens is 400 g/mol. The van der Waals surface area contributed by atoms with Gasteiger partial charge in [0.2, 0.25) is 0 Å². The van der Waals surface area contributed by atoms with Crippen LogP contribution in [-0.4, -0.2) is 53.0 Å². The van der Waals surface area contributed by atoms with Crippen molar-refractivity contribution in [2.24, 2.45) is 11.8 Å². The third kappa shape index (κ3) is 4.70. The Kier molecular flexibility index (Phi) is 6.75. The summed E-state index contributed by atoms with van der Waals surface area (Å²) in [5.41, 5.74) is 3.22. The maximum absolute atomic E-state index is 10.7. The van der Waals surface area contributed by atoms with Crippen molar-refractivity contribution in [2.75, 3.05) is 20.7 Å². The number of fused-ring (bicyclic) bond motifs is 1. The predicted octanol–water partition coefficient (Wildman–Crippen LogP) is 3.30. The number of ether oxygens (including phenoxy) is 2. The Labute approximate surface area is 182 Å². The second-order valence-corrected chi connectivity index (χ2v) is 9.73. The number of nitrogens with zero attached hydrogens (tertiary/aromatic N) is 2. The van der Waals surface area contributed by atoms with Gasteiger partial charge in [0.15, 0.2) is 0 Å². The molecule has 1 saturated heterocycles. The van der Waals surface area contributed by atoms with Gasteiger partial charge in [-0.25, -0.2) is 4.98 Å². The van der Waals surface area contributed by atoms with Gasteiger partial charge in [-0.15, -0.1) is 11.3 Å². The van der Waals surface area contributed by atoms with Crippen molar-refractivity contribution in [1.29, 1.82) is 0 Å². The number of aliphatic hydroxyl groups excluding tert-OH is 2. The molecule has 0 radical (unpaired) electrons. The van der Waals surface area contributed by atoms with Gasteiger partial charge in [-0.05, 0) is 63.0 Å². The van der Waals surface area contributed by atoms with Crippen LogP contribution in [-0.2, 0) is 17.9 Å². The largest absolute Gasteiger partial charge is 0.493 e. The SMILES string of the molecule is Cc1ccc(OC[C@@H]2[C@H]3CC[C@H](c4nc(CO)cs4)O[C@H]3C[C@@H]2O)cc1CN(C)C. The highest BCUT2D eigenvalue weighted by Gasteiger charge is 2.47. The Morgan fingerprint density at radius 1 is 1.30 bits per heavy atom. The predicted molar refractivity (Wildman–Crippen MR) is 117 cm³/mol. The molecule has 1 saturated carbocycles. The number of aliphatic hydroxyl groups is 2. The molecule has 2 fully saturated rings. The second kappa shape index (κ2) is 9.32. The van der Waals surface area contributed by atoms with E-state index in [-0.39, 0.29) is 24.7 Å². The Balaban J connectivity index is 1.37. The van der Waals surface area contributed by atoms with Crippen LogP contribution in [0.2, 0.25) is 0 Å². The zero-order valence-electron chi connectivity index (χ0n) is 18.0. The topological polar surface area (TPSA) is 75.0 Å². The first kappa shape index (κ1) is 21.7. The van der Waals surface area contributed by atoms with E-state index in [9.17, 15) is 10.2 Å². The Hall–Kier alpha value is -1.51. The van der Waals surface area contributed by atoms with Crippen LogP contribution in [0.3, 0.4) is 0 Å². The maximum Gasteiger partial charge on any atom is 0.122 e.